The van der Waals surface area contributed by atoms with Gasteiger partial charge < -0.3 is 36.8 Å². The largest absolute Gasteiger partial charge is 0.480 e. The predicted octanol–water partition coefficient (Wildman–Crippen LogP) is -0.514. The van der Waals surface area contributed by atoms with Crippen molar-refractivity contribution in [1.29, 1.82) is 0 Å². The summed E-state index contributed by atoms with van der Waals surface area (Å²) >= 11 is 0. The summed E-state index contributed by atoms with van der Waals surface area (Å²) in [5, 5.41) is 17.3. The number of aromatic nitrogens is 4. The van der Waals surface area contributed by atoms with Gasteiger partial charge in [0.1, 0.15) is 18.1 Å². The highest BCUT2D eigenvalue weighted by atomic mass is 16.4. The number of nitrogens with two attached hydrogens (primary N) is 1. The quantitative estimate of drug-likeness (QED) is 0.178. The minimum absolute atomic E-state index is 0.0402. The molecule has 198 valence electrons. The average Bonchev–Trinajstić information content (AvgIpc) is 3.49. The smallest absolute Gasteiger partial charge is 0.326 e. The highest BCUT2D eigenvalue weighted by Gasteiger charge is 2.32. The molecule has 0 spiro atoms. The Bertz CT molecular complexity index is 990. The van der Waals surface area contributed by atoms with Gasteiger partial charge in [-0.3, -0.25) is 14.4 Å². The first kappa shape index (κ1) is 28.5. The summed E-state index contributed by atoms with van der Waals surface area (Å²) in [5.41, 5.74) is 7.27. The lowest BCUT2D eigenvalue weighted by molar-refractivity contribution is -0.143. The summed E-state index contributed by atoms with van der Waals surface area (Å²) in [6.07, 6.45) is 6.50. The number of amides is 3. The van der Waals surface area contributed by atoms with Crippen molar-refractivity contribution in [3.63, 3.8) is 0 Å². The topological polar surface area (TPSA) is 208 Å². The third-order valence-electron chi connectivity index (χ3n) is 5.51. The molecule has 0 aliphatic rings. The summed E-state index contributed by atoms with van der Waals surface area (Å²) in [6.45, 7) is 7.16. The second kappa shape index (κ2) is 13.4. The van der Waals surface area contributed by atoms with Crippen LogP contribution in [0.2, 0.25) is 0 Å². The summed E-state index contributed by atoms with van der Waals surface area (Å²) < 4.78 is 0. The molecule has 0 fully saturated rings. The first-order chi connectivity index (χ1) is 17.0. The molecule has 2 aromatic rings. The van der Waals surface area contributed by atoms with Crippen molar-refractivity contribution in [1.82, 2.24) is 35.9 Å². The average molecular weight is 505 g/mol. The third kappa shape index (κ3) is 8.80. The van der Waals surface area contributed by atoms with Crippen molar-refractivity contribution in [3.05, 3.63) is 36.4 Å². The number of aromatic amines is 2. The van der Waals surface area contributed by atoms with Crippen molar-refractivity contribution in [3.8, 4) is 0 Å². The van der Waals surface area contributed by atoms with Crippen LogP contribution >= 0.6 is 0 Å². The zero-order valence-corrected chi connectivity index (χ0v) is 20.9. The fourth-order valence-electron chi connectivity index (χ4n) is 3.57. The predicted molar refractivity (Wildman–Crippen MR) is 130 cm³/mol. The molecule has 13 nitrogen and oxygen atoms in total. The van der Waals surface area contributed by atoms with Gasteiger partial charge in [-0.1, -0.05) is 27.7 Å². The number of carboxylic acid groups (broad SMARTS) is 1. The van der Waals surface area contributed by atoms with E-state index < -0.39 is 47.9 Å². The van der Waals surface area contributed by atoms with E-state index in [9.17, 15) is 24.3 Å². The molecule has 0 aromatic carbocycles. The molecule has 8 N–H and O–H groups in total. The molecule has 0 radical (unpaired) electrons. The third-order valence-corrected chi connectivity index (χ3v) is 5.51. The van der Waals surface area contributed by atoms with Crippen LogP contribution in [-0.2, 0) is 32.0 Å². The van der Waals surface area contributed by atoms with E-state index in [1.165, 1.54) is 18.9 Å². The van der Waals surface area contributed by atoms with E-state index in [0.717, 1.165) is 0 Å². The van der Waals surface area contributed by atoms with E-state index in [1.54, 1.807) is 20.0 Å². The van der Waals surface area contributed by atoms with Crippen molar-refractivity contribution >= 4 is 23.7 Å². The summed E-state index contributed by atoms with van der Waals surface area (Å²) in [7, 11) is 0. The number of hydrogen-bond acceptors (Lipinski definition) is 7. The number of carbonyl (C=O) groups is 4. The Labute approximate surface area is 209 Å². The fraction of sp³-hybridized carbons (Fsp3) is 0.565. The first-order valence-electron chi connectivity index (χ1n) is 11.8. The molecule has 2 rings (SSSR count). The molecule has 4 unspecified atom stereocenters. The SMILES string of the molecule is CC(C)CC(NC(=O)C(NC(=O)C(Cc1cnc[nH]1)NC(=O)C(N)Cc1cnc[nH]1)C(C)C)C(=O)O. The Morgan fingerprint density at radius 3 is 1.89 bits per heavy atom. The molecule has 4 atom stereocenters. The van der Waals surface area contributed by atoms with Crippen molar-refractivity contribution < 1.29 is 24.3 Å². The molecule has 0 aliphatic heterocycles. The molecule has 0 saturated heterocycles. The van der Waals surface area contributed by atoms with E-state index in [4.69, 9.17) is 5.73 Å². The zero-order valence-electron chi connectivity index (χ0n) is 20.9. The Morgan fingerprint density at radius 1 is 0.861 bits per heavy atom. The number of carbonyl (C=O) groups excluding carboxylic acids is 3. The fourth-order valence-corrected chi connectivity index (χ4v) is 3.57. The number of imidazole rings is 2. The number of carboxylic acids is 1. The van der Waals surface area contributed by atoms with E-state index in [2.05, 4.69) is 35.9 Å². The monoisotopic (exact) mass is 504 g/mol. The van der Waals surface area contributed by atoms with Gasteiger partial charge in [-0.25, -0.2) is 14.8 Å². The maximum Gasteiger partial charge on any atom is 0.326 e. The van der Waals surface area contributed by atoms with Crippen LogP contribution in [-0.4, -0.2) is 72.9 Å². The number of nitrogens with zero attached hydrogens (tertiary/aromatic N) is 2. The van der Waals surface area contributed by atoms with Gasteiger partial charge in [0, 0.05) is 36.6 Å². The lowest BCUT2D eigenvalue weighted by atomic mass is 9.99. The van der Waals surface area contributed by atoms with E-state index in [0.29, 0.717) is 11.4 Å². The van der Waals surface area contributed by atoms with Crippen LogP contribution in [0.4, 0.5) is 0 Å². The molecule has 2 heterocycles. The van der Waals surface area contributed by atoms with Gasteiger partial charge >= 0.3 is 5.97 Å². The van der Waals surface area contributed by atoms with E-state index in [-0.39, 0.29) is 31.1 Å². The van der Waals surface area contributed by atoms with E-state index in [1.807, 2.05) is 13.8 Å². The van der Waals surface area contributed by atoms with Gasteiger partial charge in [-0.15, -0.1) is 0 Å². The number of H-pyrrole nitrogens is 2. The molecule has 13 heteroatoms. The summed E-state index contributed by atoms with van der Waals surface area (Å²) in [6, 6.07) is -4.12. The minimum atomic E-state index is -1.15. The molecule has 0 bridgehead atoms. The van der Waals surface area contributed by atoms with Crippen LogP contribution in [0.15, 0.2) is 25.0 Å². The van der Waals surface area contributed by atoms with Gasteiger partial charge in [0.05, 0.1) is 18.7 Å². The Hall–Kier alpha value is -3.74. The molecular weight excluding hydrogens is 468 g/mol. The lowest BCUT2D eigenvalue weighted by Gasteiger charge is -2.27. The highest BCUT2D eigenvalue weighted by molar-refractivity contribution is 5.94. The van der Waals surface area contributed by atoms with Crippen LogP contribution in [0, 0.1) is 11.8 Å². The maximum atomic E-state index is 13.2. The zero-order chi connectivity index (χ0) is 26.8. The number of rotatable bonds is 14. The highest BCUT2D eigenvalue weighted by Crippen LogP contribution is 2.09. The second-order valence-electron chi connectivity index (χ2n) is 9.49. The summed E-state index contributed by atoms with van der Waals surface area (Å²) in [4.78, 5) is 64.1. The van der Waals surface area contributed by atoms with Crippen LogP contribution in [0.5, 0.6) is 0 Å². The van der Waals surface area contributed by atoms with Gasteiger partial charge in [-0.05, 0) is 18.3 Å². The van der Waals surface area contributed by atoms with Gasteiger partial charge in [0.25, 0.3) is 0 Å². The Kier molecular flexibility index (Phi) is 10.6. The standard InChI is InChI=1S/C23H36N8O5/c1-12(2)5-18(23(35)36)30-22(34)19(13(3)4)31-21(33)17(7-15-9-26-11-28-15)29-20(32)16(24)6-14-8-25-10-27-14/h8-13,16-19H,5-7,24H2,1-4H3,(H,25,27)(H,26,28)(H,29,32)(H,30,34)(H,31,33)(H,35,36). The number of nitrogens with one attached hydrogen (secondary N) is 5. The van der Waals surface area contributed by atoms with Crippen LogP contribution in [0.25, 0.3) is 0 Å². The molecule has 0 saturated carbocycles. The normalized spacial score (nSPS) is 14.6. The molecule has 36 heavy (non-hydrogen) atoms. The van der Waals surface area contributed by atoms with Gasteiger partial charge in [0.15, 0.2) is 0 Å². The first-order valence-corrected chi connectivity index (χ1v) is 11.8. The van der Waals surface area contributed by atoms with Gasteiger partial charge in [-0.2, -0.15) is 0 Å². The van der Waals surface area contributed by atoms with Gasteiger partial charge in [0.2, 0.25) is 17.7 Å². The lowest BCUT2D eigenvalue weighted by Crippen LogP contribution is -2.59. The molecular formula is C23H36N8O5. The van der Waals surface area contributed by atoms with Crippen LogP contribution in [0.3, 0.4) is 0 Å². The Morgan fingerprint density at radius 2 is 1.42 bits per heavy atom. The Balaban J connectivity index is 2.14. The molecule has 0 aliphatic carbocycles. The molecule has 2 aromatic heterocycles. The van der Waals surface area contributed by atoms with Crippen molar-refractivity contribution in [2.45, 2.75) is 71.1 Å². The molecule has 3 amide bonds. The van der Waals surface area contributed by atoms with Crippen molar-refractivity contribution in [2.75, 3.05) is 0 Å². The van der Waals surface area contributed by atoms with Crippen LogP contribution < -0.4 is 21.7 Å². The van der Waals surface area contributed by atoms with E-state index >= 15 is 0 Å². The van der Waals surface area contributed by atoms with Crippen molar-refractivity contribution in [2.24, 2.45) is 17.6 Å². The minimum Gasteiger partial charge on any atom is -0.480 e. The number of hydrogen-bond donors (Lipinski definition) is 7. The summed E-state index contributed by atoms with van der Waals surface area (Å²) in [5.74, 6) is -3.25. The second-order valence-corrected chi connectivity index (χ2v) is 9.49. The number of aliphatic carboxylic acids is 1. The maximum absolute atomic E-state index is 13.2. The van der Waals surface area contributed by atoms with Crippen LogP contribution in [0.1, 0.15) is 45.5 Å².